The van der Waals surface area contributed by atoms with Crippen molar-refractivity contribution in [2.45, 2.75) is 32.5 Å². The van der Waals surface area contributed by atoms with Crippen LogP contribution in [0.5, 0.6) is 5.75 Å². The molecule has 0 aliphatic carbocycles. The summed E-state index contributed by atoms with van der Waals surface area (Å²) in [6.45, 7) is 3.60. The Hall–Kier alpha value is -3.37. The predicted molar refractivity (Wildman–Crippen MR) is 156 cm³/mol. The van der Waals surface area contributed by atoms with Crippen LogP contribution in [0.15, 0.2) is 66.7 Å². The van der Waals surface area contributed by atoms with Crippen LogP contribution in [0.4, 0.5) is 14.9 Å². The Labute approximate surface area is 248 Å². The number of anilines is 1. The first kappa shape index (κ1) is 32.1. The molecule has 0 heterocycles. The fourth-order valence-electron chi connectivity index (χ4n) is 3.95. The zero-order valence-corrected chi connectivity index (χ0v) is 24.2. The van der Waals surface area contributed by atoms with Gasteiger partial charge in [0, 0.05) is 41.9 Å². The minimum Gasteiger partial charge on any atom is -0.492 e. The molecular formula is C30H33Cl2FN2O6. The third-order valence-electron chi connectivity index (χ3n) is 5.89. The molecule has 0 fully saturated rings. The van der Waals surface area contributed by atoms with Crippen molar-refractivity contribution in [1.29, 1.82) is 0 Å². The highest BCUT2D eigenvalue weighted by atomic mass is 35.5. The summed E-state index contributed by atoms with van der Waals surface area (Å²) in [7, 11) is 0. The number of carboxylic acid groups (broad SMARTS) is 1. The Bertz CT molecular complexity index is 1260. The van der Waals surface area contributed by atoms with Gasteiger partial charge >= 0.3 is 12.0 Å². The Morgan fingerprint density at radius 2 is 1.71 bits per heavy atom. The summed E-state index contributed by atoms with van der Waals surface area (Å²) in [5.74, 6) is -0.888. The summed E-state index contributed by atoms with van der Waals surface area (Å²) < 4.78 is 30.4. The minimum atomic E-state index is -1.01. The molecule has 3 aromatic carbocycles. The molecule has 1 unspecified atom stereocenters. The summed E-state index contributed by atoms with van der Waals surface area (Å²) in [5, 5.41) is 13.1. The number of ether oxygens (including phenoxy) is 3. The van der Waals surface area contributed by atoms with Gasteiger partial charge in [-0.3, -0.25) is 0 Å². The number of carbonyl (C=O) groups excluding carboxylic acids is 1. The van der Waals surface area contributed by atoms with Crippen LogP contribution in [0.25, 0.3) is 0 Å². The Morgan fingerprint density at radius 3 is 2.37 bits per heavy atom. The van der Waals surface area contributed by atoms with Crippen molar-refractivity contribution in [3.63, 3.8) is 0 Å². The number of halogens is 3. The molecule has 2 amide bonds. The topological polar surface area (TPSA) is 97.3 Å². The van der Waals surface area contributed by atoms with E-state index >= 15 is 0 Å². The Balaban J connectivity index is 1.52. The van der Waals surface area contributed by atoms with E-state index in [1.165, 1.54) is 18.2 Å². The SMILES string of the molecule is CCOC(Cc1ccc(OCCN(CCCOCc2cc(Cl)cc(Cl)c2)C(=O)Nc2cccc(F)c2)cc1)C(=O)O. The number of rotatable bonds is 16. The van der Waals surface area contributed by atoms with Gasteiger partial charge in [-0.2, -0.15) is 0 Å². The number of benzene rings is 3. The molecule has 8 nitrogen and oxygen atoms in total. The number of carbonyl (C=O) groups is 2. The molecule has 0 aromatic heterocycles. The van der Waals surface area contributed by atoms with Crippen molar-refractivity contribution in [2.75, 3.05) is 38.2 Å². The van der Waals surface area contributed by atoms with Crippen LogP contribution in [-0.2, 0) is 27.3 Å². The zero-order valence-electron chi connectivity index (χ0n) is 22.7. The van der Waals surface area contributed by atoms with Gasteiger partial charge < -0.3 is 29.5 Å². The molecule has 0 bridgehead atoms. The fourth-order valence-corrected chi connectivity index (χ4v) is 4.52. The maximum atomic E-state index is 13.6. The molecule has 220 valence electrons. The first-order valence-corrected chi connectivity index (χ1v) is 13.9. The number of nitrogens with zero attached hydrogens (tertiary/aromatic N) is 1. The van der Waals surface area contributed by atoms with Gasteiger partial charge in [-0.1, -0.05) is 41.4 Å². The summed E-state index contributed by atoms with van der Waals surface area (Å²) in [6, 6.07) is 17.5. The maximum Gasteiger partial charge on any atom is 0.333 e. The van der Waals surface area contributed by atoms with Gasteiger partial charge in [0.1, 0.15) is 18.2 Å². The van der Waals surface area contributed by atoms with Gasteiger partial charge in [0.25, 0.3) is 0 Å². The van der Waals surface area contributed by atoms with E-state index in [0.717, 1.165) is 11.1 Å². The van der Waals surface area contributed by atoms with Gasteiger partial charge in [0.15, 0.2) is 6.10 Å². The highest BCUT2D eigenvalue weighted by molar-refractivity contribution is 6.34. The molecule has 0 radical (unpaired) electrons. The molecule has 0 aliphatic rings. The van der Waals surface area contributed by atoms with Crippen LogP contribution in [0.1, 0.15) is 24.5 Å². The summed E-state index contributed by atoms with van der Waals surface area (Å²) in [6.07, 6.45) is -0.127. The lowest BCUT2D eigenvalue weighted by Gasteiger charge is -2.23. The van der Waals surface area contributed by atoms with Crippen LogP contribution in [0, 0.1) is 5.82 Å². The third-order valence-corrected chi connectivity index (χ3v) is 6.32. The Kier molecular flexibility index (Phi) is 13.2. The van der Waals surface area contributed by atoms with Gasteiger partial charge in [0.2, 0.25) is 0 Å². The van der Waals surface area contributed by atoms with E-state index in [2.05, 4.69) is 5.32 Å². The molecule has 0 saturated carbocycles. The van der Waals surface area contributed by atoms with Crippen molar-refractivity contribution in [3.05, 3.63) is 93.7 Å². The summed E-state index contributed by atoms with van der Waals surface area (Å²) in [5.41, 5.74) is 1.99. The average molecular weight is 608 g/mol. The van der Waals surface area contributed by atoms with Crippen LogP contribution in [0.3, 0.4) is 0 Å². The maximum absolute atomic E-state index is 13.6. The molecule has 11 heteroatoms. The number of aliphatic carboxylic acids is 1. The first-order chi connectivity index (χ1) is 19.7. The molecule has 3 rings (SSSR count). The third kappa shape index (κ3) is 11.6. The number of nitrogens with one attached hydrogen (secondary N) is 1. The van der Waals surface area contributed by atoms with Crippen molar-refractivity contribution in [1.82, 2.24) is 4.90 Å². The molecule has 41 heavy (non-hydrogen) atoms. The highest BCUT2D eigenvalue weighted by Gasteiger charge is 2.18. The molecular weight excluding hydrogens is 574 g/mol. The van der Waals surface area contributed by atoms with E-state index in [0.29, 0.717) is 54.3 Å². The van der Waals surface area contributed by atoms with Crippen molar-refractivity contribution < 1.29 is 33.3 Å². The summed E-state index contributed by atoms with van der Waals surface area (Å²) >= 11 is 12.1. The zero-order chi connectivity index (χ0) is 29.6. The second-order valence-corrected chi connectivity index (χ2v) is 9.96. The number of carboxylic acids is 1. The van der Waals surface area contributed by atoms with Crippen molar-refractivity contribution >= 4 is 40.9 Å². The lowest BCUT2D eigenvalue weighted by Crippen LogP contribution is -2.39. The molecule has 0 aliphatic heterocycles. The molecule has 0 spiro atoms. The normalized spacial score (nSPS) is 11.6. The second kappa shape index (κ2) is 16.8. The van der Waals surface area contributed by atoms with Gasteiger partial charge in [-0.15, -0.1) is 0 Å². The lowest BCUT2D eigenvalue weighted by molar-refractivity contribution is -0.149. The number of hydrogen-bond acceptors (Lipinski definition) is 5. The second-order valence-electron chi connectivity index (χ2n) is 9.09. The monoisotopic (exact) mass is 606 g/mol. The largest absolute Gasteiger partial charge is 0.492 e. The van der Waals surface area contributed by atoms with Crippen LogP contribution in [-0.4, -0.2) is 61.0 Å². The van der Waals surface area contributed by atoms with E-state index in [1.54, 1.807) is 60.4 Å². The smallest absolute Gasteiger partial charge is 0.333 e. The molecule has 1 atom stereocenters. The van der Waals surface area contributed by atoms with E-state index in [4.69, 9.17) is 37.4 Å². The molecule has 0 saturated heterocycles. The standard InChI is InChI=1S/C30H33Cl2FN2O6/c1-2-40-28(29(36)37)17-21-7-9-27(10-8-21)41-14-12-35(30(38)34-26-6-3-5-25(33)19-26)11-4-13-39-20-22-15-23(31)18-24(32)16-22/h3,5-10,15-16,18-19,28H,2,4,11-14,17,20H2,1H3,(H,34,38)(H,36,37). The van der Waals surface area contributed by atoms with Gasteiger partial charge in [-0.25, -0.2) is 14.0 Å². The molecule has 2 N–H and O–H groups in total. The highest BCUT2D eigenvalue weighted by Crippen LogP contribution is 2.20. The van der Waals surface area contributed by atoms with E-state index < -0.39 is 23.9 Å². The number of urea groups is 1. The van der Waals surface area contributed by atoms with Gasteiger partial charge in [-0.05, 0) is 73.0 Å². The van der Waals surface area contributed by atoms with Crippen molar-refractivity contribution in [2.24, 2.45) is 0 Å². The van der Waals surface area contributed by atoms with E-state index in [9.17, 15) is 19.1 Å². The minimum absolute atomic E-state index is 0.203. The van der Waals surface area contributed by atoms with Gasteiger partial charge in [0.05, 0.1) is 13.2 Å². The van der Waals surface area contributed by atoms with Crippen LogP contribution < -0.4 is 10.1 Å². The van der Waals surface area contributed by atoms with E-state index in [-0.39, 0.29) is 19.6 Å². The van der Waals surface area contributed by atoms with Crippen LogP contribution >= 0.6 is 23.2 Å². The van der Waals surface area contributed by atoms with Crippen molar-refractivity contribution in [3.8, 4) is 5.75 Å². The quantitative estimate of drug-likeness (QED) is 0.176. The Morgan fingerprint density at radius 1 is 0.976 bits per heavy atom. The molecule has 3 aromatic rings. The van der Waals surface area contributed by atoms with Crippen LogP contribution in [0.2, 0.25) is 10.0 Å². The summed E-state index contributed by atoms with van der Waals surface area (Å²) in [4.78, 5) is 25.9. The average Bonchev–Trinajstić information content (AvgIpc) is 2.92. The lowest BCUT2D eigenvalue weighted by atomic mass is 10.1. The van der Waals surface area contributed by atoms with E-state index in [1.807, 2.05) is 0 Å². The number of amides is 2. The number of hydrogen-bond donors (Lipinski definition) is 2. The fraction of sp³-hybridized carbons (Fsp3) is 0.333. The predicted octanol–water partition coefficient (Wildman–Crippen LogP) is 6.68. The first-order valence-electron chi connectivity index (χ1n) is 13.1.